The minimum Gasteiger partial charge on any atom is -0.325 e. The highest BCUT2D eigenvalue weighted by Gasteiger charge is 2.07. The molecule has 3 nitrogen and oxygen atoms in total. The van der Waals surface area contributed by atoms with E-state index < -0.39 is 0 Å². The molecule has 4 heteroatoms. The van der Waals surface area contributed by atoms with E-state index in [1.807, 2.05) is 19.1 Å². The van der Waals surface area contributed by atoms with E-state index in [0.29, 0.717) is 23.0 Å². The second-order valence-electron chi connectivity index (χ2n) is 3.10. The third-order valence-electron chi connectivity index (χ3n) is 1.98. The number of carbonyl (C=O) groups is 1. The molecule has 78 valence electrons. The van der Waals surface area contributed by atoms with Gasteiger partial charge in [0.25, 0.3) is 0 Å². The van der Waals surface area contributed by atoms with Crippen LogP contribution < -0.4 is 5.32 Å². The zero-order valence-corrected chi connectivity index (χ0v) is 9.97. The maximum atomic E-state index is 11.3. The Labute approximate surface area is 97.2 Å². The Bertz CT molecular complexity index is 410. The summed E-state index contributed by atoms with van der Waals surface area (Å²) < 4.78 is 0. The fraction of sp³-hybridized carbons (Fsp3) is 0.273. The molecule has 0 aliphatic carbocycles. The van der Waals surface area contributed by atoms with Crippen LogP contribution >= 0.6 is 15.9 Å². The van der Waals surface area contributed by atoms with Crippen molar-refractivity contribution in [1.29, 1.82) is 5.26 Å². The first-order valence-corrected chi connectivity index (χ1v) is 5.66. The predicted octanol–water partition coefficient (Wildman–Crippen LogP) is 2.59. The number of nitrogens with zero attached hydrogens (tertiary/aromatic N) is 1. The van der Waals surface area contributed by atoms with E-state index in [4.69, 9.17) is 5.26 Å². The molecule has 0 radical (unpaired) electrons. The maximum absolute atomic E-state index is 11.3. The molecule has 0 aliphatic rings. The Morgan fingerprint density at radius 3 is 2.93 bits per heavy atom. The number of amides is 1. The Morgan fingerprint density at radius 2 is 2.33 bits per heavy atom. The number of benzene rings is 1. The van der Waals surface area contributed by atoms with Crippen LogP contribution in [-0.4, -0.2) is 11.2 Å². The lowest BCUT2D eigenvalue weighted by Crippen LogP contribution is -2.12. The normalized spacial score (nSPS) is 9.40. The third kappa shape index (κ3) is 3.07. The summed E-state index contributed by atoms with van der Waals surface area (Å²) in [7, 11) is 0. The molecule has 1 aromatic carbocycles. The Balaban J connectivity index is 2.91. The molecule has 0 aliphatic heterocycles. The molecule has 0 spiro atoms. The number of hydrogen-bond donors (Lipinski definition) is 1. The summed E-state index contributed by atoms with van der Waals surface area (Å²) in [6.45, 7) is 1.85. The van der Waals surface area contributed by atoms with Crippen LogP contribution in [0.15, 0.2) is 18.2 Å². The molecule has 1 N–H and O–H groups in total. The summed E-state index contributed by atoms with van der Waals surface area (Å²) >= 11 is 3.19. The lowest BCUT2D eigenvalue weighted by molar-refractivity contribution is -0.115. The maximum Gasteiger partial charge on any atom is 0.225 e. The van der Waals surface area contributed by atoms with Gasteiger partial charge in [0.1, 0.15) is 6.07 Å². The van der Waals surface area contributed by atoms with Gasteiger partial charge in [-0.15, -0.1) is 0 Å². The molecule has 15 heavy (non-hydrogen) atoms. The van der Waals surface area contributed by atoms with Gasteiger partial charge in [0.05, 0.1) is 11.3 Å². The van der Waals surface area contributed by atoms with Crippen LogP contribution in [0.2, 0.25) is 0 Å². The van der Waals surface area contributed by atoms with Gasteiger partial charge in [-0.1, -0.05) is 28.1 Å². The van der Waals surface area contributed by atoms with Gasteiger partial charge >= 0.3 is 0 Å². The zero-order valence-electron chi connectivity index (χ0n) is 8.38. The second kappa shape index (κ2) is 5.52. The Kier molecular flexibility index (Phi) is 4.32. The van der Waals surface area contributed by atoms with Crippen LogP contribution in [0, 0.1) is 18.3 Å². The second-order valence-corrected chi connectivity index (χ2v) is 3.89. The lowest BCUT2D eigenvalue weighted by atomic mass is 10.1. The van der Waals surface area contributed by atoms with Crippen molar-refractivity contribution in [3.05, 3.63) is 29.3 Å². The molecule has 0 unspecified atom stereocenters. The fourth-order valence-corrected chi connectivity index (χ4v) is 1.58. The number of hydrogen-bond acceptors (Lipinski definition) is 2. The topological polar surface area (TPSA) is 52.9 Å². The summed E-state index contributed by atoms with van der Waals surface area (Å²) in [6, 6.07) is 7.48. The predicted molar refractivity (Wildman–Crippen MR) is 62.9 cm³/mol. The summed E-state index contributed by atoms with van der Waals surface area (Å²) in [5.41, 5.74) is 1.98. The van der Waals surface area contributed by atoms with Crippen molar-refractivity contribution < 1.29 is 4.79 Å². The van der Waals surface area contributed by atoms with Gasteiger partial charge in [-0.3, -0.25) is 4.79 Å². The first kappa shape index (κ1) is 11.7. The highest BCUT2D eigenvalue weighted by molar-refractivity contribution is 9.09. The van der Waals surface area contributed by atoms with Crippen LogP contribution in [0.25, 0.3) is 0 Å². The van der Waals surface area contributed by atoms with Crippen LogP contribution in [-0.2, 0) is 4.79 Å². The highest BCUT2D eigenvalue weighted by Crippen LogP contribution is 2.18. The van der Waals surface area contributed by atoms with Crippen LogP contribution in [0.3, 0.4) is 0 Å². The molecule has 1 rings (SSSR count). The summed E-state index contributed by atoms with van der Waals surface area (Å²) in [4.78, 5) is 11.3. The van der Waals surface area contributed by atoms with E-state index in [1.54, 1.807) is 6.07 Å². The first-order valence-electron chi connectivity index (χ1n) is 4.54. The van der Waals surface area contributed by atoms with Crippen LogP contribution in [0.4, 0.5) is 5.69 Å². The summed E-state index contributed by atoms with van der Waals surface area (Å²) in [6.07, 6.45) is 0.402. The molecule has 0 saturated heterocycles. The number of carbonyl (C=O) groups excluding carboxylic acids is 1. The van der Waals surface area contributed by atoms with Gasteiger partial charge < -0.3 is 5.32 Å². The number of rotatable bonds is 3. The molecule has 0 aromatic heterocycles. The van der Waals surface area contributed by atoms with E-state index in [0.717, 1.165) is 5.56 Å². The van der Waals surface area contributed by atoms with Gasteiger partial charge in [-0.05, 0) is 18.6 Å². The quantitative estimate of drug-likeness (QED) is 0.856. The SMILES string of the molecule is Cc1cccc(NC(=O)CCBr)c1C#N. The van der Waals surface area contributed by atoms with E-state index in [1.165, 1.54) is 0 Å². The molecule has 0 heterocycles. The van der Waals surface area contributed by atoms with Gasteiger partial charge in [0.15, 0.2) is 0 Å². The highest BCUT2D eigenvalue weighted by atomic mass is 79.9. The van der Waals surface area contributed by atoms with Crippen molar-refractivity contribution >= 4 is 27.5 Å². The average Bonchev–Trinajstić information content (AvgIpc) is 2.18. The van der Waals surface area contributed by atoms with Gasteiger partial charge in [-0.2, -0.15) is 5.26 Å². The molecule has 1 aromatic rings. The molecule has 0 saturated carbocycles. The molecular weight excluding hydrogens is 256 g/mol. The van der Waals surface area contributed by atoms with E-state index >= 15 is 0 Å². The van der Waals surface area contributed by atoms with Crippen molar-refractivity contribution in [3.63, 3.8) is 0 Å². The first-order chi connectivity index (χ1) is 7.19. The van der Waals surface area contributed by atoms with Crippen LogP contribution in [0.5, 0.6) is 0 Å². The van der Waals surface area contributed by atoms with Gasteiger partial charge in [0.2, 0.25) is 5.91 Å². The minimum atomic E-state index is -0.0889. The Hall–Kier alpha value is -1.34. The lowest BCUT2D eigenvalue weighted by Gasteiger charge is -2.07. The van der Waals surface area contributed by atoms with Gasteiger partial charge in [-0.25, -0.2) is 0 Å². The Morgan fingerprint density at radius 1 is 1.60 bits per heavy atom. The van der Waals surface area contributed by atoms with Crippen molar-refractivity contribution in [3.8, 4) is 6.07 Å². The van der Waals surface area contributed by atoms with E-state index in [9.17, 15) is 4.79 Å². The monoisotopic (exact) mass is 266 g/mol. The number of nitrogens with one attached hydrogen (secondary N) is 1. The standard InChI is InChI=1S/C11H11BrN2O/c1-8-3-2-4-10(9(8)7-13)14-11(15)5-6-12/h2-4H,5-6H2,1H3,(H,14,15). The average molecular weight is 267 g/mol. The van der Waals surface area contributed by atoms with Crippen molar-refractivity contribution in [2.75, 3.05) is 10.6 Å². The molecule has 0 atom stereocenters. The number of aryl methyl sites for hydroxylation is 1. The number of halogens is 1. The summed E-state index contributed by atoms with van der Waals surface area (Å²) in [5, 5.41) is 12.3. The largest absolute Gasteiger partial charge is 0.325 e. The van der Waals surface area contributed by atoms with Crippen LogP contribution in [0.1, 0.15) is 17.5 Å². The number of anilines is 1. The molecule has 1 amide bonds. The van der Waals surface area contributed by atoms with E-state index in [2.05, 4.69) is 27.3 Å². The molecular formula is C11H11BrN2O. The van der Waals surface area contributed by atoms with E-state index in [-0.39, 0.29) is 5.91 Å². The molecule has 0 bridgehead atoms. The fourth-order valence-electron chi connectivity index (χ4n) is 1.22. The zero-order chi connectivity index (χ0) is 11.3. The summed E-state index contributed by atoms with van der Waals surface area (Å²) in [5.74, 6) is -0.0889. The smallest absolute Gasteiger partial charge is 0.225 e. The van der Waals surface area contributed by atoms with Crippen molar-refractivity contribution in [2.45, 2.75) is 13.3 Å². The van der Waals surface area contributed by atoms with Gasteiger partial charge in [0, 0.05) is 11.8 Å². The van der Waals surface area contributed by atoms with Crippen molar-refractivity contribution in [2.24, 2.45) is 0 Å². The minimum absolute atomic E-state index is 0.0889. The number of alkyl halides is 1. The number of nitriles is 1. The third-order valence-corrected chi connectivity index (χ3v) is 2.38. The molecule has 0 fully saturated rings. The van der Waals surface area contributed by atoms with Crippen molar-refractivity contribution in [1.82, 2.24) is 0 Å².